The number of carbonyl (C=O) groups is 1. The Morgan fingerprint density at radius 1 is 1.11 bits per heavy atom. The highest BCUT2D eigenvalue weighted by Crippen LogP contribution is 2.48. The number of thioether (sulfide) groups is 1. The molecule has 2 aliphatic rings. The molecule has 5 rings (SSSR count). The fraction of sp³-hybridized carbons (Fsp3) is 0.273. The summed E-state index contributed by atoms with van der Waals surface area (Å²) in [6.07, 6.45) is 3.03. The Balaban J connectivity index is 1.66. The molecule has 0 radical (unpaired) electrons. The maximum absolute atomic E-state index is 12.8. The Morgan fingerprint density at radius 2 is 1.89 bits per heavy atom. The molecule has 2 aromatic carbocycles. The van der Waals surface area contributed by atoms with Crippen LogP contribution in [0.5, 0.6) is 0 Å². The monoisotopic (exact) mass is 376 g/mol. The molecule has 136 valence electrons. The minimum absolute atomic E-state index is 0.113. The molecule has 1 aromatic heterocycles. The molecule has 1 atom stereocenters. The topological polar surface area (TPSA) is 65.1 Å². The van der Waals surface area contributed by atoms with Gasteiger partial charge in [0.25, 0.3) is 5.56 Å². The number of nitrogens with zero attached hydrogens (tertiary/aromatic N) is 1. The van der Waals surface area contributed by atoms with Crippen molar-refractivity contribution in [1.82, 2.24) is 4.57 Å². The van der Waals surface area contributed by atoms with Crippen molar-refractivity contribution in [2.75, 3.05) is 5.75 Å². The molecule has 2 N–H and O–H groups in total. The number of aromatic nitrogens is 1. The number of rotatable bonds is 4. The third kappa shape index (κ3) is 2.77. The van der Waals surface area contributed by atoms with E-state index in [0.717, 1.165) is 29.9 Å². The number of pyridine rings is 1. The maximum atomic E-state index is 12.8. The van der Waals surface area contributed by atoms with E-state index in [0.29, 0.717) is 11.7 Å². The first kappa shape index (κ1) is 16.6. The van der Waals surface area contributed by atoms with Gasteiger partial charge in [0.2, 0.25) is 5.91 Å². The van der Waals surface area contributed by atoms with Crippen LogP contribution in [-0.4, -0.2) is 16.2 Å². The molecule has 1 saturated carbocycles. The zero-order chi connectivity index (χ0) is 18.5. The lowest BCUT2D eigenvalue weighted by atomic mass is 9.95. The number of fused-ring (bicyclic) bond motifs is 2. The van der Waals surface area contributed by atoms with E-state index in [-0.39, 0.29) is 5.56 Å². The van der Waals surface area contributed by atoms with Gasteiger partial charge in [-0.15, -0.1) is 11.8 Å². The Morgan fingerprint density at radius 3 is 2.67 bits per heavy atom. The summed E-state index contributed by atoms with van der Waals surface area (Å²) in [5, 5.41) is 3.40. The summed E-state index contributed by atoms with van der Waals surface area (Å²) in [6, 6.07) is 15.9. The normalized spacial score (nSPS) is 18.6. The van der Waals surface area contributed by atoms with Gasteiger partial charge >= 0.3 is 0 Å². The Bertz CT molecular complexity index is 1130. The molecule has 4 nitrogen and oxygen atoms in total. The van der Waals surface area contributed by atoms with Crippen molar-refractivity contribution in [2.24, 2.45) is 5.73 Å². The predicted molar refractivity (Wildman–Crippen MR) is 108 cm³/mol. The molecule has 1 aliphatic heterocycles. The van der Waals surface area contributed by atoms with Crippen LogP contribution in [0, 0.1) is 0 Å². The molecule has 1 amide bonds. The minimum atomic E-state index is -0.526. The summed E-state index contributed by atoms with van der Waals surface area (Å²) >= 11 is 1.60. The summed E-state index contributed by atoms with van der Waals surface area (Å²) in [5.41, 5.74) is 9.01. The quantitative estimate of drug-likeness (QED) is 0.757. The SMILES string of the molecule is NC(=O)[C@@H]1CSc2c(C3CC3)c(Cc3cccc4ccccc34)cc(=O)n21. The van der Waals surface area contributed by atoms with Crippen LogP contribution in [0.3, 0.4) is 0 Å². The number of hydrogen-bond acceptors (Lipinski definition) is 3. The van der Waals surface area contributed by atoms with Gasteiger partial charge in [-0.05, 0) is 52.6 Å². The highest BCUT2D eigenvalue weighted by Gasteiger charge is 2.36. The summed E-state index contributed by atoms with van der Waals surface area (Å²) in [4.78, 5) is 24.6. The molecule has 27 heavy (non-hydrogen) atoms. The number of amides is 1. The summed E-state index contributed by atoms with van der Waals surface area (Å²) in [7, 11) is 0. The van der Waals surface area contributed by atoms with Gasteiger partial charge < -0.3 is 5.73 Å². The van der Waals surface area contributed by atoms with Crippen LogP contribution in [0.1, 0.15) is 41.5 Å². The lowest BCUT2D eigenvalue weighted by Crippen LogP contribution is -2.33. The molecule has 1 aliphatic carbocycles. The fourth-order valence-corrected chi connectivity index (χ4v) is 5.59. The van der Waals surface area contributed by atoms with Gasteiger partial charge in [0.05, 0.1) is 5.03 Å². The third-order valence-corrected chi connectivity index (χ3v) is 6.77. The largest absolute Gasteiger partial charge is 0.368 e. The molecule has 0 bridgehead atoms. The Labute approximate surface area is 161 Å². The lowest BCUT2D eigenvalue weighted by molar-refractivity contribution is -0.120. The highest BCUT2D eigenvalue weighted by atomic mass is 32.2. The van der Waals surface area contributed by atoms with Crippen LogP contribution in [-0.2, 0) is 11.2 Å². The lowest BCUT2D eigenvalue weighted by Gasteiger charge is -2.17. The molecular weight excluding hydrogens is 356 g/mol. The smallest absolute Gasteiger partial charge is 0.252 e. The minimum Gasteiger partial charge on any atom is -0.368 e. The Hall–Kier alpha value is -2.53. The first-order chi connectivity index (χ1) is 13.1. The van der Waals surface area contributed by atoms with E-state index in [1.54, 1.807) is 22.4 Å². The van der Waals surface area contributed by atoms with E-state index in [2.05, 4.69) is 36.4 Å². The van der Waals surface area contributed by atoms with E-state index in [9.17, 15) is 9.59 Å². The van der Waals surface area contributed by atoms with Crippen LogP contribution in [0.2, 0.25) is 0 Å². The van der Waals surface area contributed by atoms with E-state index in [1.807, 2.05) is 6.07 Å². The van der Waals surface area contributed by atoms with Crippen molar-refractivity contribution in [2.45, 2.75) is 36.2 Å². The molecular formula is C22H20N2O2S. The third-order valence-electron chi connectivity index (χ3n) is 5.59. The molecule has 0 saturated heterocycles. The van der Waals surface area contributed by atoms with Crippen LogP contribution >= 0.6 is 11.8 Å². The molecule has 3 aromatic rings. The fourth-order valence-electron chi connectivity index (χ4n) is 4.15. The first-order valence-corrected chi connectivity index (χ1v) is 10.3. The van der Waals surface area contributed by atoms with Crippen molar-refractivity contribution in [3.05, 3.63) is 75.6 Å². The highest BCUT2D eigenvalue weighted by molar-refractivity contribution is 7.99. The summed E-state index contributed by atoms with van der Waals surface area (Å²) in [6.45, 7) is 0. The number of primary amides is 1. The molecule has 5 heteroatoms. The maximum Gasteiger partial charge on any atom is 0.252 e. The van der Waals surface area contributed by atoms with Gasteiger partial charge in [-0.1, -0.05) is 42.5 Å². The van der Waals surface area contributed by atoms with E-state index in [1.165, 1.54) is 21.9 Å². The van der Waals surface area contributed by atoms with Crippen molar-refractivity contribution in [3.8, 4) is 0 Å². The standard InChI is InChI=1S/C22H20N2O2S/c23-21(26)18-12-27-22-20(14-8-9-14)16(11-19(25)24(18)22)10-15-6-3-5-13-4-1-2-7-17(13)15/h1-7,11,14,18H,8-10,12H2,(H2,23,26)/t18-/m0/s1. The van der Waals surface area contributed by atoms with Gasteiger partial charge in [-0.25, -0.2) is 0 Å². The summed E-state index contributed by atoms with van der Waals surface area (Å²) < 4.78 is 1.63. The molecule has 2 heterocycles. The molecule has 1 fully saturated rings. The zero-order valence-electron chi connectivity index (χ0n) is 14.9. The van der Waals surface area contributed by atoms with Crippen LogP contribution in [0.4, 0.5) is 0 Å². The van der Waals surface area contributed by atoms with Crippen LogP contribution < -0.4 is 11.3 Å². The molecule has 0 spiro atoms. The van der Waals surface area contributed by atoms with E-state index >= 15 is 0 Å². The van der Waals surface area contributed by atoms with Crippen molar-refractivity contribution < 1.29 is 4.79 Å². The predicted octanol–water partition coefficient (Wildman–Crippen LogP) is 3.60. The second-order valence-corrected chi connectivity index (χ2v) is 8.42. The van der Waals surface area contributed by atoms with E-state index < -0.39 is 11.9 Å². The van der Waals surface area contributed by atoms with Crippen LogP contribution in [0.25, 0.3) is 10.8 Å². The second kappa shape index (κ2) is 6.27. The molecule has 0 unspecified atom stereocenters. The van der Waals surface area contributed by atoms with Crippen molar-refractivity contribution in [3.63, 3.8) is 0 Å². The first-order valence-electron chi connectivity index (χ1n) is 9.30. The number of benzene rings is 2. The average Bonchev–Trinajstić information content (AvgIpc) is 3.39. The average molecular weight is 376 g/mol. The zero-order valence-corrected chi connectivity index (χ0v) is 15.7. The van der Waals surface area contributed by atoms with Gasteiger partial charge in [0.1, 0.15) is 6.04 Å². The second-order valence-electron chi connectivity index (χ2n) is 7.42. The van der Waals surface area contributed by atoms with Gasteiger partial charge in [-0.3, -0.25) is 14.2 Å². The number of nitrogens with two attached hydrogens (primary N) is 1. The van der Waals surface area contributed by atoms with Crippen molar-refractivity contribution in [1.29, 1.82) is 0 Å². The van der Waals surface area contributed by atoms with Gasteiger partial charge in [-0.2, -0.15) is 0 Å². The van der Waals surface area contributed by atoms with E-state index in [4.69, 9.17) is 5.73 Å². The van der Waals surface area contributed by atoms with Gasteiger partial charge in [0, 0.05) is 11.8 Å². The van der Waals surface area contributed by atoms with Crippen molar-refractivity contribution >= 4 is 28.4 Å². The number of hydrogen-bond donors (Lipinski definition) is 1. The Kier molecular flexibility index (Phi) is 3.86. The van der Waals surface area contributed by atoms with Crippen LogP contribution in [0.15, 0.2) is 58.4 Å². The number of carbonyl (C=O) groups excluding carboxylic acids is 1. The van der Waals surface area contributed by atoms with Gasteiger partial charge in [0.15, 0.2) is 0 Å². The summed E-state index contributed by atoms with van der Waals surface area (Å²) in [5.74, 6) is 0.630.